The van der Waals surface area contributed by atoms with E-state index in [2.05, 4.69) is 0 Å². The molecule has 0 saturated carbocycles. The molecular weight excluding hydrogens is 236 g/mol. The molecule has 0 amide bonds. The van der Waals surface area contributed by atoms with E-state index in [1.54, 1.807) is 0 Å². The summed E-state index contributed by atoms with van der Waals surface area (Å²) in [7, 11) is 0. The highest BCUT2D eigenvalue weighted by Crippen LogP contribution is 2.09. The van der Waals surface area contributed by atoms with Gasteiger partial charge in [-0.15, -0.1) is 0 Å². The zero-order chi connectivity index (χ0) is 13.4. The van der Waals surface area contributed by atoms with E-state index in [0.717, 1.165) is 5.56 Å². The molecule has 1 rings (SSSR count). The van der Waals surface area contributed by atoms with E-state index in [-0.39, 0.29) is 19.4 Å². The summed E-state index contributed by atoms with van der Waals surface area (Å²) in [6.07, 6.45) is -0.0783. The van der Waals surface area contributed by atoms with Crippen LogP contribution >= 0.6 is 0 Å². The lowest BCUT2D eigenvalue weighted by atomic mass is 10.1. The molecule has 0 spiro atoms. The van der Waals surface area contributed by atoms with E-state index in [4.69, 9.17) is 14.9 Å². The molecule has 0 heterocycles. The Bertz CT molecular complexity index is 388. The number of aliphatic carboxylic acids is 2. The predicted octanol–water partition coefficient (Wildman–Crippen LogP) is 1.77. The second-order valence-corrected chi connectivity index (χ2v) is 3.97. The molecule has 5 heteroatoms. The first kappa shape index (κ1) is 14.2. The maximum absolute atomic E-state index is 10.9. The molecule has 0 aliphatic rings. The fraction of sp³-hybridized carbons (Fsp3) is 0.385. The molecule has 2 N–H and O–H groups in total. The lowest BCUT2D eigenvalue weighted by Crippen LogP contribution is -2.20. The number of hydrogen-bond acceptors (Lipinski definition) is 3. The average Bonchev–Trinajstić information content (AvgIpc) is 2.34. The summed E-state index contributed by atoms with van der Waals surface area (Å²) < 4.78 is 5.30. The highest BCUT2D eigenvalue weighted by atomic mass is 16.5. The van der Waals surface area contributed by atoms with Crippen molar-refractivity contribution in [3.8, 4) is 0 Å². The monoisotopic (exact) mass is 252 g/mol. The van der Waals surface area contributed by atoms with Crippen LogP contribution < -0.4 is 0 Å². The predicted molar refractivity (Wildman–Crippen MR) is 64.1 cm³/mol. The van der Waals surface area contributed by atoms with Gasteiger partial charge in [0.05, 0.1) is 19.1 Å². The van der Waals surface area contributed by atoms with E-state index in [1.807, 2.05) is 30.3 Å². The fourth-order valence-corrected chi connectivity index (χ4v) is 1.47. The molecule has 0 radical (unpaired) electrons. The van der Waals surface area contributed by atoms with Gasteiger partial charge in [0, 0.05) is 6.42 Å². The van der Waals surface area contributed by atoms with Crippen LogP contribution in [0.25, 0.3) is 0 Å². The largest absolute Gasteiger partial charge is 0.481 e. The van der Waals surface area contributed by atoms with E-state index in [9.17, 15) is 9.59 Å². The zero-order valence-corrected chi connectivity index (χ0v) is 9.91. The number of rotatable bonds is 8. The van der Waals surface area contributed by atoms with Gasteiger partial charge in [0.2, 0.25) is 0 Å². The number of carboxylic acid groups (broad SMARTS) is 2. The summed E-state index contributed by atoms with van der Waals surface area (Å²) >= 11 is 0. The standard InChI is InChI=1S/C13H16O5/c14-12(15)7-6-11(13(16)17)9-18-8-10-4-2-1-3-5-10/h1-5,11H,6-9H2,(H,14,15)(H,16,17). The highest BCUT2D eigenvalue weighted by molar-refractivity contribution is 5.72. The second kappa shape index (κ2) is 7.45. The third-order valence-corrected chi connectivity index (χ3v) is 2.49. The van der Waals surface area contributed by atoms with Crippen molar-refractivity contribution >= 4 is 11.9 Å². The SMILES string of the molecule is O=C(O)CCC(COCc1ccccc1)C(=O)O. The first-order valence-electron chi connectivity index (χ1n) is 5.66. The summed E-state index contributed by atoms with van der Waals surface area (Å²) in [4.78, 5) is 21.3. The number of carboxylic acids is 2. The Kier molecular flexibility index (Phi) is 5.87. The van der Waals surface area contributed by atoms with Gasteiger partial charge in [-0.2, -0.15) is 0 Å². The van der Waals surface area contributed by atoms with E-state index >= 15 is 0 Å². The van der Waals surface area contributed by atoms with Crippen molar-refractivity contribution < 1.29 is 24.5 Å². The van der Waals surface area contributed by atoms with Crippen molar-refractivity contribution in [2.45, 2.75) is 19.4 Å². The molecule has 1 aromatic rings. The molecule has 0 bridgehead atoms. The van der Waals surface area contributed by atoms with Crippen LogP contribution in [0.15, 0.2) is 30.3 Å². The molecule has 0 saturated heterocycles. The molecule has 18 heavy (non-hydrogen) atoms. The number of carbonyl (C=O) groups is 2. The second-order valence-electron chi connectivity index (χ2n) is 3.97. The van der Waals surface area contributed by atoms with Gasteiger partial charge >= 0.3 is 11.9 Å². The molecule has 0 aliphatic heterocycles. The average molecular weight is 252 g/mol. The molecular formula is C13H16O5. The smallest absolute Gasteiger partial charge is 0.308 e. The van der Waals surface area contributed by atoms with Crippen LogP contribution in [0.5, 0.6) is 0 Å². The molecule has 98 valence electrons. The van der Waals surface area contributed by atoms with Gasteiger partial charge in [0.25, 0.3) is 0 Å². The van der Waals surface area contributed by atoms with Crippen LogP contribution in [0.3, 0.4) is 0 Å². The Hall–Kier alpha value is -1.88. The summed E-state index contributed by atoms with van der Waals surface area (Å²) in [6.45, 7) is 0.356. The van der Waals surface area contributed by atoms with Crippen LogP contribution in [0.1, 0.15) is 18.4 Å². The number of benzene rings is 1. The lowest BCUT2D eigenvalue weighted by Gasteiger charge is -2.11. The zero-order valence-electron chi connectivity index (χ0n) is 9.91. The van der Waals surface area contributed by atoms with Crippen LogP contribution in [0, 0.1) is 5.92 Å². The van der Waals surface area contributed by atoms with Crippen LogP contribution in [-0.2, 0) is 20.9 Å². The Morgan fingerprint density at radius 2 is 1.83 bits per heavy atom. The van der Waals surface area contributed by atoms with Gasteiger partial charge in [-0.1, -0.05) is 30.3 Å². The van der Waals surface area contributed by atoms with Gasteiger partial charge in [0.15, 0.2) is 0 Å². The van der Waals surface area contributed by atoms with Crippen LogP contribution in [-0.4, -0.2) is 28.8 Å². The minimum Gasteiger partial charge on any atom is -0.481 e. The Morgan fingerprint density at radius 3 is 2.39 bits per heavy atom. The summed E-state index contributed by atoms with van der Waals surface area (Å²) in [5.41, 5.74) is 0.958. The normalized spacial score (nSPS) is 12.0. The third-order valence-electron chi connectivity index (χ3n) is 2.49. The third kappa shape index (κ3) is 5.45. The van der Waals surface area contributed by atoms with Crippen molar-refractivity contribution in [2.75, 3.05) is 6.61 Å². The summed E-state index contributed by atoms with van der Waals surface area (Å²) in [6, 6.07) is 9.39. The molecule has 0 fully saturated rings. The van der Waals surface area contributed by atoms with Crippen molar-refractivity contribution in [3.63, 3.8) is 0 Å². The van der Waals surface area contributed by atoms with Crippen molar-refractivity contribution in [1.29, 1.82) is 0 Å². The first-order chi connectivity index (χ1) is 8.59. The lowest BCUT2D eigenvalue weighted by molar-refractivity contribution is -0.145. The van der Waals surface area contributed by atoms with Crippen LogP contribution in [0.2, 0.25) is 0 Å². The topological polar surface area (TPSA) is 83.8 Å². The molecule has 0 aromatic heterocycles. The molecule has 1 aromatic carbocycles. The molecule has 0 aliphatic carbocycles. The Balaban J connectivity index is 2.34. The van der Waals surface area contributed by atoms with Gasteiger partial charge in [-0.05, 0) is 12.0 Å². The number of hydrogen-bond donors (Lipinski definition) is 2. The van der Waals surface area contributed by atoms with E-state index in [0.29, 0.717) is 6.61 Å². The number of ether oxygens (including phenoxy) is 1. The maximum atomic E-state index is 10.9. The first-order valence-corrected chi connectivity index (χ1v) is 5.66. The van der Waals surface area contributed by atoms with Gasteiger partial charge in [0.1, 0.15) is 0 Å². The summed E-state index contributed by atoms with van der Waals surface area (Å²) in [5.74, 6) is -2.79. The molecule has 1 unspecified atom stereocenters. The van der Waals surface area contributed by atoms with Gasteiger partial charge < -0.3 is 14.9 Å². The van der Waals surface area contributed by atoms with Crippen molar-refractivity contribution in [3.05, 3.63) is 35.9 Å². The quantitative estimate of drug-likeness (QED) is 0.736. The minimum absolute atomic E-state index is 0.0253. The fourth-order valence-electron chi connectivity index (χ4n) is 1.47. The van der Waals surface area contributed by atoms with Gasteiger partial charge in [-0.3, -0.25) is 9.59 Å². The maximum Gasteiger partial charge on any atom is 0.308 e. The van der Waals surface area contributed by atoms with Crippen LogP contribution in [0.4, 0.5) is 0 Å². The van der Waals surface area contributed by atoms with Crippen molar-refractivity contribution in [2.24, 2.45) is 5.92 Å². The van der Waals surface area contributed by atoms with Crippen molar-refractivity contribution in [1.82, 2.24) is 0 Å². The summed E-state index contributed by atoms with van der Waals surface area (Å²) in [5, 5.41) is 17.4. The molecule has 5 nitrogen and oxygen atoms in total. The van der Waals surface area contributed by atoms with E-state index in [1.165, 1.54) is 0 Å². The van der Waals surface area contributed by atoms with Gasteiger partial charge in [-0.25, -0.2) is 0 Å². The van der Waals surface area contributed by atoms with E-state index < -0.39 is 17.9 Å². The minimum atomic E-state index is -1.02. The Morgan fingerprint density at radius 1 is 1.17 bits per heavy atom. The highest BCUT2D eigenvalue weighted by Gasteiger charge is 2.18. The Labute approximate surface area is 105 Å². The molecule has 1 atom stereocenters.